The molecule has 0 aromatic heterocycles. The molecule has 2 aromatic rings. The Bertz CT molecular complexity index is 584. The van der Waals surface area contributed by atoms with E-state index in [1.807, 2.05) is 43.4 Å². The summed E-state index contributed by atoms with van der Waals surface area (Å²) in [7, 11) is 1.97. The minimum atomic E-state index is 0.332. The fourth-order valence-electron chi connectivity index (χ4n) is 2.09. The summed E-state index contributed by atoms with van der Waals surface area (Å²) in [4.78, 5) is 0. The highest BCUT2D eigenvalue weighted by atomic mass is 79.9. The van der Waals surface area contributed by atoms with Crippen LogP contribution < -0.4 is 10.1 Å². The van der Waals surface area contributed by atoms with Crippen LogP contribution in [-0.2, 0) is 0 Å². The summed E-state index contributed by atoms with van der Waals surface area (Å²) < 4.78 is 6.80. The summed E-state index contributed by atoms with van der Waals surface area (Å²) in [6.45, 7) is 2.15. The third-order valence-electron chi connectivity index (χ3n) is 3.14. The van der Waals surface area contributed by atoms with Crippen molar-refractivity contribution in [2.75, 3.05) is 7.05 Å². The van der Waals surface area contributed by atoms with Gasteiger partial charge in [0.05, 0.1) is 5.02 Å². The van der Waals surface area contributed by atoms with Crippen LogP contribution in [0.5, 0.6) is 11.5 Å². The van der Waals surface area contributed by atoms with Gasteiger partial charge in [-0.25, -0.2) is 0 Å². The van der Waals surface area contributed by atoms with Crippen LogP contribution in [0.1, 0.15) is 24.9 Å². The molecule has 0 bridgehead atoms. The lowest BCUT2D eigenvalue weighted by Crippen LogP contribution is -2.14. The van der Waals surface area contributed by atoms with Crippen molar-refractivity contribution in [1.82, 2.24) is 5.32 Å². The first-order valence-electron chi connectivity index (χ1n) is 6.54. The van der Waals surface area contributed by atoms with Crippen LogP contribution in [0.4, 0.5) is 0 Å². The van der Waals surface area contributed by atoms with Gasteiger partial charge in [-0.05, 0) is 49.4 Å². The normalized spacial score (nSPS) is 12.2. The molecule has 2 aromatic carbocycles. The first kappa shape index (κ1) is 15.4. The van der Waals surface area contributed by atoms with E-state index in [4.69, 9.17) is 16.3 Å². The molecule has 0 radical (unpaired) electrons. The largest absolute Gasteiger partial charge is 0.456 e. The number of ether oxygens (including phenoxy) is 1. The number of hydrogen-bond donors (Lipinski definition) is 1. The van der Waals surface area contributed by atoms with Crippen molar-refractivity contribution >= 4 is 27.5 Å². The summed E-state index contributed by atoms with van der Waals surface area (Å²) in [6, 6.07) is 14.0. The Hall–Kier alpha value is -1.03. The molecule has 1 unspecified atom stereocenters. The molecular formula is C16H17BrClNO. The molecular weight excluding hydrogens is 338 g/mol. The molecule has 106 valence electrons. The van der Waals surface area contributed by atoms with Gasteiger partial charge in [0.2, 0.25) is 0 Å². The predicted molar refractivity (Wildman–Crippen MR) is 87.8 cm³/mol. The Labute approximate surface area is 133 Å². The lowest BCUT2D eigenvalue weighted by molar-refractivity contribution is 0.479. The first-order valence-corrected chi connectivity index (χ1v) is 7.71. The van der Waals surface area contributed by atoms with E-state index in [0.717, 1.165) is 16.6 Å². The molecule has 0 saturated heterocycles. The number of benzene rings is 2. The monoisotopic (exact) mass is 353 g/mol. The van der Waals surface area contributed by atoms with E-state index in [1.165, 1.54) is 5.56 Å². The number of hydrogen-bond acceptors (Lipinski definition) is 2. The van der Waals surface area contributed by atoms with Crippen molar-refractivity contribution < 1.29 is 4.74 Å². The van der Waals surface area contributed by atoms with Crippen LogP contribution in [0, 0.1) is 0 Å². The molecule has 0 fully saturated rings. The Morgan fingerprint density at radius 1 is 1.25 bits per heavy atom. The Kier molecular flexibility index (Phi) is 5.46. The summed E-state index contributed by atoms with van der Waals surface area (Å²) in [6.07, 6.45) is 1.03. The molecule has 0 aliphatic heterocycles. The highest BCUT2D eigenvalue weighted by molar-refractivity contribution is 9.10. The maximum absolute atomic E-state index is 6.17. The zero-order valence-electron chi connectivity index (χ0n) is 11.5. The fraction of sp³-hybridized carbons (Fsp3) is 0.250. The highest BCUT2D eigenvalue weighted by Crippen LogP contribution is 2.32. The molecule has 1 atom stereocenters. The van der Waals surface area contributed by atoms with E-state index < -0.39 is 0 Å². The van der Waals surface area contributed by atoms with Gasteiger partial charge in [0.1, 0.15) is 11.5 Å². The lowest BCUT2D eigenvalue weighted by atomic mass is 10.0. The molecule has 2 rings (SSSR count). The van der Waals surface area contributed by atoms with Crippen molar-refractivity contribution in [3.8, 4) is 11.5 Å². The van der Waals surface area contributed by atoms with E-state index in [-0.39, 0.29) is 0 Å². The van der Waals surface area contributed by atoms with E-state index in [9.17, 15) is 0 Å². The summed E-state index contributed by atoms with van der Waals surface area (Å²) >= 11 is 9.55. The molecule has 0 amide bonds. The van der Waals surface area contributed by atoms with E-state index >= 15 is 0 Å². The van der Waals surface area contributed by atoms with Gasteiger partial charge in [0.25, 0.3) is 0 Å². The van der Waals surface area contributed by atoms with Crippen molar-refractivity contribution in [2.24, 2.45) is 0 Å². The predicted octanol–water partition coefficient (Wildman–Crippen LogP) is 5.57. The topological polar surface area (TPSA) is 21.3 Å². The minimum absolute atomic E-state index is 0.332. The van der Waals surface area contributed by atoms with Gasteiger partial charge in [-0.15, -0.1) is 0 Å². The van der Waals surface area contributed by atoms with Gasteiger partial charge < -0.3 is 10.1 Å². The zero-order valence-corrected chi connectivity index (χ0v) is 13.8. The van der Waals surface area contributed by atoms with Gasteiger partial charge in [-0.2, -0.15) is 0 Å². The van der Waals surface area contributed by atoms with Crippen LogP contribution >= 0.6 is 27.5 Å². The standard InChI is InChI=1S/C16H17BrClNO/c1-3-15(19-2)11-5-4-6-13(9-11)20-16-8-7-12(17)10-14(16)18/h4-10,15,19H,3H2,1-2H3. The molecule has 4 heteroatoms. The Morgan fingerprint density at radius 2 is 2.05 bits per heavy atom. The van der Waals surface area contributed by atoms with Crippen molar-refractivity contribution in [3.63, 3.8) is 0 Å². The molecule has 1 N–H and O–H groups in total. The molecule has 2 nitrogen and oxygen atoms in total. The number of nitrogens with one attached hydrogen (secondary N) is 1. The molecule has 20 heavy (non-hydrogen) atoms. The van der Waals surface area contributed by atoms with Crippen molar-refractivity contribution in [3.05, 3.63) is 57.5 Å². The van der Waals surface area contributed by atoms with Crippen LogP contribution in [0.15, 0.2) is 46.9 Å². The van der Waals surface area contributed by atoms with Gasteiger partial charge in [0, 0.05) is 10.5 Å². The van der Waals surface area contributed by atoms with Gasteiger partial charge >= 0.3 is 0 Å². The number of halogens is 2. The average Bonchev–Trinajstić information content (AvgIpc) is 2.44. The van der Waals surface area contributed by atoms with Crippen LogP contribution in [0.2, 0.25) is 5.02 Å². The summed E-state index contributed by atoms with van der Waals surface area (Å²) in [5.41, 5.74) is 1.21. The fourth-order valence-corrected chi connectivity index (χ4v) is 2.80. The highest BCUT2D eigenvalue weighted by Gasteiger charge is 2.09. The first-order chi connectivity index (χ1) is 9.63. The van der Waals surface area contributed by atoms with Crippen LogP contribution in [0.25, 0.3) is 0 Å². The maximum Gasteiger partial charge on any atom is 0.146 e. The van der Waals surface area contributed by atoms with Crippen LogP contribution in [0.3, 0.4) is 0 Å². The molecule has 0 saturated carbocycles. The molecule has 0 aliphatic rings. The Morgan fingerprint density at radius 3 is 2.70 bits per heavy atom. The van der Waals surface area contributed by atoms with E-state index in [0.29, 0.717) is 16.8 Å². The van der Waals surface area contributed by atoms with E-state index in [1.54, 1.807) is 0 Å². The molecule has 0 spiro atoms. The van der Waals surface area contributed by atoms with Crippen molar-refractivity contribution in [2.45, 2.75) is 19.4 Å². The third kappa shape index (κ3) is 3.75. The lowest BCUT2D eigenvalue weighted by Gasteiger charge is -2.15. The second-order valence-electron chi connectivity index (χ2n) is 4.50. The zero-order chi connectivity index (χ0) is 14.5. The second kappa shape index (κ2) is 7.11. The Balaban J connectivity index is 2.23. The average molecular weight is 355 g/mol. The quantitative estimate of drug-likeness (QED) is 0.758. The second-order valence-corrected chi connectivity index (χ2v) is 5.82. The maximum atomic E-state index is 6.17. The molecule has 0 heterocycles. The van der Waals surface area contributed by atoms with Gasteiger partial charge in [-0.1, -0.05) is 46.6 Å². The van der Waals surface area contributed by atoms with Crippen molar-refractivity contribution in [1.29, 1.82) is 0 Å². The summed E-state index contributed by atoms with van der Waals surface area (Å²) in [5, 5.41) is 3.88. The smallest absolute Gasteiger partial charge is 0.146 e. The van der Waals surface area contributed by atoms with E-state index in [2.05, 4.69) is 34.2 Å². The van der Waals surface area contributed by atoms with Gasteiger partial charge in [0.15, 0.2) is 0 Å². The number of rotatable bonds is 5. The molecule has 0 aliphatic carbocycles. The SMILES string of the molecule is CCC(NC)c1cccc(Oc2ccc(Br)cc2Cl)c1. The summed E-state index contributed by atoms with van der Waals surface area (Å²) in [5.74, 6) is 1.45. The van der Waals surface area contributed by atoms with Crippen LogP contribution in [-0.4, -0.2) is 7.05 Å². The minimum Gasteiger partial charge on any atom is -0.456 e. The third-order valence-corrected chi connectivity index (χ3v) is 3.93. The van der Waals surface area contributed by atoms with Gasteiger partial charge in [-0.3, -0.25) is 0 Å².